The molecule has 0 spiro atoms. The van der Waals surface area contributed by atoms with E-state index >= 15 is 0 Å². The summed E-state index contributed by atoms with van der Waals surface area (Å²) in [5, 5.41) is 3.17. The predicted octanol–water partition coefficient (Wildman–Crippen LogP) is 5.05. The van der Waals surface area contributed by atoms with E-state index in [1.807, 2.05) is 59.5 Å². The third-order valence-corrected chi connectivity index (χ3v) is 7.30. The fourth-order valence-electron chi connectivity index (χ4n) is 4.93. The minimum Gasteiger partial charge on any atom is -0.371 e. The molecule has 2 heterocycles. The van der Waals surface area contributed by atoms with Gasteiger partial charge in [-0.15, -0.1) is 0 Å². The van der Waals surface area contributed by atoms with Gasteiger partial charge in [-0.2, -0.15) is 0 Å². The molecule has 1 saturated heterocycles. The highest BCUT2D eigenvalue weighted by atomic mass is 79.9. The van der Waals surface area contributed by atoms with Crippen molar-refractivity contribution in [3.63, 3.8) is 0 Å². The zero-order valence-electron chi connectivity index (χ0n) is 19.0. The number of nitrogens with zero attached hydrogens (tertiary/aromatic N) is 2. The molecular formula is C28H28BrN3O2. The number of fused-ring (bicyclic) bond motifs is 1. The van der Waals surface area contributed by atoms with E-state index in [0.29, 0.717) is 12.1 Å². The zero-order chi connectivity index (χ0) is 23.5. The van der Waals surface area contributed by atoms with Crippen molar-refractivity contribution in [3.05, 3.63) is 99.5 Å². The monoisotopic (exact) mass is 517 g/mol. The maximum atomic E-state index is 13.5. The maximum Gasteiger partial charge on any atom is 0.256 e. The van der Waals surface area contributed by atoms with Crippen LogP contribution in [0.4, 0.5) is 5.69 Å². The summed E-state index contributed by atoms with van der Waals surface area (Å²) in [4.78, 5) is 30.4. The highest BCUT2D eigenvalue weighted by molar-refractivity contribution is 9.10. The Balaban J connectivity index is 1.24. The Kier molecular flexibility index (Phi) is 6.68. The summed E-state index contributed by atoms with van der Waals surface area (Å²) in [6.45, 7) is 3.01. The lowest BCUT2D eigenvalue weighted by molar-refractivity contribution is 0.0735. The Morgan fingerprint density at radius 2 is 1.59 bits per heavy atom. The van der Waals surface area contributed by atoms with Gasteiger partial charge in [0.15, 0.2) is 0 Å². The summed E-state index contributed by atoms with van der Waals surface area (Å²) < 4.78 is 0.897. The Hall–Kier alpha value is -3.12. The highest BCUT2D eigenvalue weighted by Gasteiger charge is 2.27. The van der Waals surface area contributed by atoms with Crippen LogP contribution in [0.1, 0.15) is 44.7 Å². The molecular weight excluding hydrogens is 490 g/mol. The van der Waals surface area contributed by atoms with Crippen LogP contribution in [0.5, 0.6) is 0 Å². The molecule has 174 valence electrons. The van der Waals surface area contributed by atoms with Crippen molar-refractivity contribution in [3.8, 4) is 0 Å². The minimum atomic E-state index is -0.0410. The standard InChI is InChI=1S/C28H28BrN3O2/c29-23-9-5-8-21(18-23)27(33)30-24-13-16-31(17-14-24)26-11-4-3-10-25(26)28(34)32-15-12-20-6-1-2-7-22(20)19-32/h1-11,18,24H,12-17,19H2,(H,30,33). The summed E-state index contributed by atoms with van der Waals surface area (Å²) in [7, 11) is 0. The number of amides is 2. The molecule has 0 aliphatic carbocycles. The van der Waals surface area contributed by atoms with Gasteiger partial charge >= 0.3 is 0 Å². The van der Waals surface area contributed by atoms with Gasteiger partial charge in [0, 0.05) is 47.9 Å². The Labute approximate surface area is 208 Å². The molecule has 0 atom stereocenters. The first-order valence-corrected chi connectivity index (χ1v) is 12.6. The maximum absolute atomic E-state index is 13.5. The lowest BCUT2D eigenvalue weighted by Crippen LogP contribution is -2.45. The molecule has 2 aliphatic rings. The lowest BCUT2D eigenvalue weighted by atomic mass is 9.98. The summed E-state index contributed by atoms with van der Waals surface area (Å²) in [6, 6.07) is 23.9. The van der Waals surface area contributed by atoms with Gasteiger partial charge in [-0.25, -0.2) is 0 Å². The topological polar surface area (TPSA) is 52.7 Å². The SMILES string of the molecule is O=C(NC1CCN(c2ccccc2C(=O)N2CCc3ccccc3C2)CC1)c1cccc(Br)c1. The molecule has 34 heavy (non-hydrogen) atoms. The van der Waals surface area contributed by atoms with Gasteiger partial charge < -0.3 is 15.1 Å². The molecule has 0 aromatic heterocycles. The second-order valence-electron chi connectivity index (χ2n) is 9.01. The van der Waals surface area contributed by atoms with Crippen LogP contribution in [0.25, 0.3) is 0 Å². The van der Waals surface area contributed by atoms with E-state index in [1.165, 1.54) is 11.1 Å². The molecule has 3 aromatic rings. The second kappa shape index (κ2) is 10.0. The average Bonchev–Trinajstić information content (AvgIpc) is 2.88. The van der Waals surface area contributed by atoms with Gasteiger partial charge in [0.25, 0.3) is 11.8 Å². The average molecular weight is 518 g/mol. The molecule has 0 bridgehead atoms. The van der Waals surface area contributed by atoms with Gasteiger partial charge in [-0.1, -0.05) is 58.4 Å². The van der Waals surface area contributed by atoms with Crippen molar-refractivity contribution in [1.82, 2.24) is 10.2 Å². The van der Waals surface area contributed by atoms with Crippen molar-refractivity contribution in [2.24, 2.45) is 0 Å². The number of para-hydroxylation sites is 1. The van der Waals surface area contributed by atoms with Gasteiger partial charge in [-0.05, 0) is 60.7 Å². The molecule has 5 nitrogen and oxygen atoms in total. The van der Waals surface area contributed by atoms with E-state index in [0.717, 1.165) is 54.6 Å². The third kappa shape index (κ3) is 4.87. The predicted molar refractivity (Wildman–Crippen MR) is 138 cm³/mol. The molecule has 0 radical (unpaired) electrons. The Morgan fingerprint density at radius 3 is 2.38 bits per heavy atom. The van der Waals surface area contributed by atoms with Gasteiger partial charge in [0.1, 0.15) is 0 Å². The van der Waals surface area contributed by atoms with E-state index in [4.69, 9.17) is 0 Å². The number of rotatable bonds is 4. The first-order valence-electron chi connectivity index (χ1n) is 11.8. The minimum absolute atomic E-state index is 0.0410. The molecule has 5 rings (SSSR count). The zero-order valence-corrected chi connectivity index (χ0v) is 20.6. The van der Waals surface area contributed by atoms with Crippen LogP contribution >= 0.6 is 15.9 Å². The van der Waals surface area contributed by atoms with Gasteiger partial charge in [0.2, 0.25) is 0 Å². The molecule has 2 aliphatic heterocycles. The normalized spacial score (nSPS) is 16.1. The van der Waals surface area contributed by atoms with Gasteiger partial charge in [-0.3, -0.25) is 9.59 Å². The van der Waals surface area contributed by atoms with Crippen molar-refractivity contribution in [2.75, 3.05) is 24.5 Å². The van der Waals surface area contributed by atoms with Crippen LogP contribution in [0.2, 0.25) is 0 Å². The van der Waals surface area contributed by atoms with Crippen LogP contribution in [0.15, 0.2) is 77.3 Å². The number of piperidine rings is 1. The number of carbonyl (C=O) groups excluding carboxylic acids is 2. The van der Waals surface area contributed by atoms with Crippen molar-refractivity contribution in [1.29, 1.82) is 0 Å². The van der Waals surface area contributed by atoms with Crippen LogP contribution in [-0.4, -0.2) is 42.4 Å². The number of nitrogens with one attached hydrogen (secondary N) is 1. The van der Waals surface area contributed by atoms with E-state index in [1.54, 1.807) is 0 Å². The highest BCUT2D eigenvalue weighted by Crippen LogP contribution is 2.28. The van der Waals surface area contributed by atoms with Crippen molar-refractivity contribution in [2.45, 2.75) is 31.8 Å². The number of carbonyl (C=O) groups is 2. The fraction of sp³-hybridized carbons (Fsp3) is 0.286. The number of halogens is 1. The molecule has 3 aromatic carbocycles. The van der Waals surface area contributed by atoms with Crippen molar-refractivity contribution < 1.29 is 9.59 Å². The third-order valence-electron chi connectivity index (χ3n) is 6.81. The molecule has 1 fully saturated rings. The molecule has 2 amide bonds. The molecule has 1 N–H and O–H groups in total. The molecule has 0 saturated carbocycles. The van der Waals surface area contributed by atoms with E-state index < -0.39 is 0 Å². The van der Waals surface area contributed by atoms with Crippen LogP contribution in [0.3, 0.4) is 0 Å². The molecule has 0 unspecified atom stereocenters. The first-order chi connectivity index (χ1) is 16.6. The number of hydrogen-bond acceptors (Lipinski definition) is 3. The Morgan fingerprint density at radius 1 is 0.853 bits per heavy atom. The fourth-order valence-corrected chi connectivity index (χ4v) is 5.33. The number of benzene rings is 3. The van der Waals surface area contributed by atoms with Crippen molar-refractivity contribution >= 4 is 33.4 Å². The van der Waals surface area contributed by atoms with Crippen LogP contribution < -0.4 is 10.2 Å². The number of anilines is 1. The first kappa shape index (κ1) is 22.7. The largest absolute Gasteiger partial charge is 0.371 e. The summed E-state index contributed by atoms with van der Waals surface area (Å²) in [6.07, 6.45) is 2.59. The molecule has 6 heteroatoms. The van der Waals surface area contributed by atoms with E-state index in [9.17, 15) is 9.59 Å². The summed E-state index contributed by atoms with van der Waals surface area (Å²) in [5.41, 5.74) is 4.99. The van der Waals surface area contributed by atoms with Gasteiger partial charge in [0.05, 0.1) is 5.56 Å². The lowest BCUT2D eigenvalue weighted by Gasteiger charge is -2.36. The quantitative estimate of drug-likeness (QED) is 0.526. The Bertz CT molecular complexity index is 1200. The summed E-state index contributed by atoms with van der Waals surface area (Å²) >= 11 is 3.43. The summed E-state index contributed by atoms with van der Waals surface area (Å²) in [5.74, 6) is 0.0518. The van der Waals surface area contributed by atoms with E-state index in [2.05, 4.69) is 44.3 Å². The number of hydrogen-bond donors (Lipinski definition) is 1. The van der Waals surface area contributed by atoms with Crippen LogP contribution in [0, 0.1) is 0 Å². The van der Waals surface area contributed by atoms with Crippen LogP contribution in [-0.2, 0) is 13.0 Å². The second-order valence-corrected chi connectivity index (χ2v) is 9.92. The van der Waals surface area contributed by atoms with E-state index in [-0.39, 0.29) is 17.9 Å². The smallest absolute Gasteiger partial charge is 0.256 e.